The Morgan fingerprint density at radius 3 is 2.85 bits per heavy atom. The number of hydrogen-bond acceptors (Lipinski definition) is 5. The molecule has 0 bridgehead atoms. The molecule has 2 N–H and O–H groups in total. The molecule has 8 nitrogen and oxygen atoms in total. The average molecular weight is 461 g/mol. The minimum atomic E-state index is -0.579. The third-order valence-corrected chi connectivity index (χ3v) is 5.38. The number of aromatic nitrogens is 1. The van der Waals surface area contributed by atoms with Crippen LogP contribution in [0.25, 0.3) is 28.3 Å². The van der Waals surface area contributed by atoms with Crippen molar-refractivity contribution in [3.05, 3.63) is 92.8 Å². The summed E-state index contributed by atoms with van der Waals surface area (Å²) in [5, 5.41) is 24.4. The zero-order chi connectivity index (χ0) is 23.4. The summed E-state index contributed by atoms with van der Waals surface area (Å²) >= 11 is 5.85. The molecule has 2 heterocycles. The van der Waals surface area contributed by atoms with Gasteiger partial charge in [-0.3, -0.25) is 14.9 Å². The van der Waals surface area contributed by atoms with E-state index in [9.17, 15) is 20.2 Å². The zero-order valence-corrected chi connectivity index (χ0v) is 17.9. The Kier molecular flexibility index (Phi) is 6.24. The molecule has 1 amide bonds. The average Bonchev–Trinajstić information content (AvgIpc) is 3.45. The highest BCUT2D eigenvalue weighted by molar-refractivity contribution is 6.32. The first-order valence-corrected chi connectivity index (χ1v) is 10.3. The summed E-state index contributed by atoms with van der Waals surface area (Å²) in [6.45, 7) is 0.359. The van der Waals surface area contributed by atoms with Crippen molar-refractivity contribution in [2.45, 2.75) is 6.42 Å². The van der Waals surface area contributed by atoms with Gasteiger partial charge >= 0.3 is 0 Å². The van der Waals surface area contributed by atoms with Crippen molar-refractivity contribution in [2.75, 3.05) is 6.54 Å². The molecule has 4 aromatic rings. The first kappa shape index (κ1) is 21.9. The molecule has 0 fully saturated rings. The van der Waals surface area contributed by atoms with Crippen molar-refractivity contribution < 1.29 is 14.1 Å². The van der Waals surface area contributed by atoms with E-state index in [1.807, 2.05) is 36.5 Å². The number of para-hydroxylation sites is 1. The molecule has 0 atom stereocenters. The molecule has 33 heavy (non-hydrogen) atoms. The lowest BCUT2D eigenvalue weighted by Gasteiger charge is -2.04. The number of rotatable bonds is 7. The highest BCUT2D eigenvalue weighted by Gasteiger charge is 2.16. The predicted molar refractivity (Wildman–Crippen MR) is 124 cm³/mol. The number of carbonyl (C=O) groups is 1. The van der Waals surface area contributed by atoms with Crippen molar-refractivity contribution in [3.8, 4) is 17.4 Å². The lowest BCUT2D eigenvalue weighted by molar-refractivity contribution is -0.384. The van der Waals surface area contributed by atoms with E-state index in [-0.39, 0.29) is 22.0 Å². The van der Waals surface area contributed by atoms with E-state index in [2.05, 4.69) is 10.3 Å². The summed E-state index contributed by atoms with van der Waals surface area (Å²) in [5.74, 6) is 0.0985. The maximum Gasteiger partial charge on any atom is 0.288 e. The highest BCUT2D eigenvalue weighted by Crippen LogP contribution is 2.31. The van der Waals surface area contributed by atoms with Crippen LogP contribution in [0.2, 0.25) is 5.02 Å². The van der Waals surface area contributed by atoms with Crippen LogP contribution in [0.5, 0.6) is 0 Å². The van der Waals surface area contributed by atoms with Gasteiger partial charge < -0.3 is 14.7 Å². The summed E-state index contributed by atoms with van der Waals surface area (Å²) in [7, 11) is 0. The fourth-order valence-corrected chi connectivity index (χ4v) is 3.61. The molecule has 0 unspecified atom stereocenters. The maximum atomic E-state index is 12.5. The van der Waals surface area contributed by atoms with Crippen LogP contribution in [0, 0.1) is 21.4 Å². The number of fused-ring (bicyclic) bond motifs is 1. The lowest BCUT2D eigenvalue weighted by atomic mass is 10.1. The van der Waals surface area contributed by atoms with Gasteiger partial charge in [0.25, 0.3) is 11.6 Å². The monoisotopic (exact) mass is 460 g/mol. The Hall–Kier alpha value is -4.35. The molecule has 9 heteroatoms. The second-order valence-corrected chi connectivity index (χ2v) is 7.57. The van der Waals surface area contributed by atoms with Gasteiger partial charge in [0, 0.05) is 41.4 Å². The summed E-state index contributed by atoms with van der Waals surface area (Å²) < 4.78 is 5.66. The first-order chi connectivity index (χ1) is 16.0. The largest absolute Gasteiger partial charge is 0.457 e. The Labute approximate surface area is 193 Å². The number of nitro groups is 1. The van der Waals surface area contributed by atoms with Gasteiger partial charge in [-0.05, 0) is 42.3 Å². The number of furan rings is 1. The molecular formula is C24H17ClN4O4. The van der Waals surface area contributed by atoms with E-state index in [1.165, 1.54) is 18.2 Å². The minimum absolute atomic E-state index is 0.0199. The van der Waals surface area contributed by atoms with Crippen molar-refractivity contribution in [1.29, 1.82) is 5.26 Å². The van der Waals surface area contributed by atoms with Crippen molar-refractivity contribution in [2.24, 2.45) is 0 Å². The SMILES string of the molecule is N#CC(=Cc1ccc(-c2ccc(Cl)c([N+](=O)[O-])c2)o1)C(=O)NCCc1c[nH]c2ccccc12. The summed E-state index contributed by atoms with van der Waals surface area (Å²) in [4.78, 5) is 26.2. The molecule has 0 aliphatic heterocycles. The number of halogens is 1. The van der Waals surface area contributed by atoms with Gasteiger partial charge in [-0.25, -0.2) is 0 Å². The van der Waals surface area contributed by atoms with Crippen LogP contribution in [0.1, 0.15) is 11.3 Å². The van der Waals surface area contributed by atoms with Gasteiger partial charge in [0.15, 0.2) is 0 Å². The number of amides is 1. The molecule has 0 aliphatic carbocycles. The zero-order valence-electron chi connectivity index (χ0n) is 17.2. The fraction of sp³-hybridized carbons (Fsp3) is 0.0833. The van der Waals surface area contributed by atoms with E-state index in [0.717, 1.165) is 16.5 Å². The third kappa shape index (κ3) is 4.79. The number of nitrogens with zero attached hydrogens (tertiary/aromatic N) is 2. The van der Waals surface area contributed by atoms with E-state index < -0.39 is 10.8 Å². The molecule has 2 aromatic carbocycles. The molecule has 0 spiro atoms. The smallest absolute Gasteiger partial charge is 0.288 e. The van der Waals surface area contributed by atoms with Gasteiger partial charge in [0.1, 0.15) is 28.2 Å². The number of nitrogens with one attached hydrogen (secondary N) is 2. The van der Waals surface area contributed by atoms with Gasteiger partial charge in [-0.2, -0.15) is 5.26 Å². The first-order valence-electron chi connectivity index (χ1n) is 9.95. The van der Waals surface area contributed by atoms with E-state index in [4.69, 9.17) is 16.0 Å². The fourth-order valence-electron chi connectivity index (χ4n) is 3.43. The number of aromatic amines is 1. The highest BCUT2D eigenvalue weighted by atomic mass is 35.5. The van der Waals surface area contributed by atoms with Crippen molar-refractivity contribution >= 4 is 40.2 Å². The molecule has 0 saturated carbocycles. The maximum absolute atomic E-state index is 12.5. The van der Waals surface area contributed by atoms with Crippen LogP contribution in [-0.4, -0.2) is 22.4 Å². The Bertz CT molecular complexity index is 1430. The Morgan fingerprint density at radius 2 is 2.06 bits per heavy atom. The summed E-state index contributed by atoms with van der Waals surface area (Å²) in [6, 6.07) is 17.2. The Morgan fingerprint density at radius 1 is 1.24 bits per heavy atom. The normalized spacial score (nSPS) is 11.3. The van der Waals surface area contributed by atoms with E-state index >= 15 is 0 Å². The van der Waals surface area contributed by atoms with E-state index in [0.29, 0.717) is 24.3 Å². The number of carbonyl (C=O) groups excluding carboxylic acids is 1. The molecule has 0 saturated heterocycles. The molecular weight excluding hydrogens is 444 g/mol. The Balaban J connectivity index is 1.44. The molecule has 2 aromatic heterocycles. The van der Waals surface area contributed by atoms with Crippen LogP contribution in [-0.2, 0) is 11.2 Å². The molecule has 164 valence electrons. The number of hydrogen-bond donors (Lipinski definition) is 2. The van der Waals surface area contributed by atoms with Gasteiger partial charge in [0.2, 0.25) is 0 Å². The molecule has 4 rings (SSSR count). The summed E-state index contributed by atoms with van der Waals surface area (Å²) in [5.41, 5.74) is 2.19. The molecule has 0 aliphatic rings. The van der Waals surface area contributed by atoms with Crippen LogP contribution >= 0.6 is 11.6 Å². The second-order valence-electron chi connectivity index (χ2n) is 7.16. The summed E-state index contributed by atoms with van der Waals surface area (Å²) in [6.07, 6.45) is 3.84. The van der Waals surface area contributed by atoms with Gasteiger partial charge in [-0.1, -0.05) is 29.8 Å². The van der Waals surface area contributed by atoms with Crippen LogP contribution in [0.3, 0.4) is 0 Å². The van der Waals surface area contributed by atoms with Crippen LogP contribution in [0.15, 0.2) is 70.8 Å². The predicted octanol–water partition coefficient (Wildman–Crippen LogP) is 5.26. The number of benzene rings is 2. The third-order valence-electron chi connectivity index (χ3n) is 5.06. The van der Waals surface area contributed by atoms with Gasteiger partial charge in [0.05, 0.1) is 4.92 Å². The number of H-pyrrole nitrogens is 1. The van der Waals surface area contributed by atoms with Gasteiger partial charge in [-0.15, -0.1) is 0 Å². The lowest BCUT2D eigenvalue weighted by Crippen LogP contribution is -2.26. The molecule has 0 radical (unpaired) electrons. The standard InChI is InChI=1S/C24H17ClN4O4/c25-20-7-5-15(12-22(20)29(31)32)23-8-6-18(33-23)11-17(13-26)24(30)27-10-9-16-14-28-21-4-2-1-3-19(16)21/h1-8,11-12,14,28H,9-10H2,(H,27,30). The second kappa shape index (κ2) is 9.42. The number of nitro benzene ring substituents is 1. The van der Waals surface area contributed by atoms with Crippen molar-refractivity contribution in [1.82, 2.24) is 10.3 Å². The quantitative estimate of drug-likeness (QED) is 0.168. The van der Waals surface area contributed by atoms with Crippen LogP contribution < -0.4 is 5.32 Å². The van der Waals surface area contributed by atoms with E-state index in [1.54, 1.807) is 18.2 Å². The van der Waals surface area contributed by atoms with Crippen LogP contribution in [0.4, 0.5) is 5.69 Å². The minimum Gasteiger partial charge on any atom is -0.457 e. The number of nitriles is 1. The van der Waals surface area contributed by atoms with Crippen molar-refractivity contribution in [3.63, 3.8) is 0 Å². The topological polar surface area (TPSA) is 125 Å².